The van der Waals surface area contributed by atoms with Crippen LogP contribution >= 0.6 is 0 Å². The van der Waals surface area contributed by atoms with Crippen molar-refractivity contribution in [3.8, 4) is 5.88 Å². The topological polar surface area (TPSA) is 94.7 Å². The molecule has 0 atom stereocenters. The van der Waals surface area contributed by atoms with Crippen LogP contribution in [0.1, 0.15) is 31.1 Å². The Labute approximate surface area is 106 Å². The average Bonchev–Trinajstić information content (AvgIpc) is 2.24. The van der Waals surface area contributed by atoms with Crippen molar-refractivity contribution < 1.29 is 19.4 Å². The molecule has 0 aromatic carbocycles. The lowest BCUT2D eigenvalue weighted by Crippen LogP contribution is -2.22. The Balaban J connectivity index is 2.53. The van der Waals surface area contributed by atoms with Crippen LogP contribution in [0, 0.1) is 0 Å². The largest absolute Gasteiger partial charge is 0.478 e. The molecular formula is C12H18N2O4. The first-order chi connectivity index (χ1) is 8.29. The minimum absolute atomic E-state index is 0.0169. The van der Waals surface area contributed by atoms with Gasteiger partial charge in [0.1, 0.15) is 6.61 Å². The number of rotatable bonds is 5. The van der Waals surface area contributed by atoms with Gasteiger partial charge >= 0.3 is 5.97 Å². The number of aromatic nitrogens is 1. The van der Waals surface area contributed by atoms with E-state index >= 15 is 0 Å². The molecule has 0 aliphatic heterocycles. The van der Waals surface area contributed by atoms with E-state index in [4.69, 9.17) is 20.3 Å². The van der Waals surface area contributed by atoms with Gasteiger partial charge in [-0.05, 0) is 20.8 Å². The Morgan fingerprint density at radius 3 is 2.67 bits per heavy atom. The van der Waals surface area contributed by atoms with Gasteiger partial charge in [-0.2, -0.15) is 0 Å². The fourth-order valence-corrected chi connectivity index (χ4v) is 1.21. The summed E-state index contributed by atoms with van der Waals surface area (Å²) in [6.45, 7) is 6.52. The quantitative estimate of drug-likeness (QED) is 0.774. The number of anilines is 1. The highest BCUT2D eigenvalue weighted by Gasteiger charge is 2.11. The maximum absolute atomic E-state index is 10.8. The summed E-state index contributed by atoms with van der Waals surface area (Å²) in [5, 5.41) is 8.88. The third-order valence-electron chi connectivity index (χ3n) is 2.01. The first-order valence-corrected chi connectivity index (χ1v) is 5.55. The second-order valence-corrected chi connectivity index (χ2v) is 4.72. The lowest BCUT2D eigenvalue weighted by molar-refractivity contribution is -0.0168. The highest BCUT2D eigenvalue weighted by atomic mass is 16.5. The zero-order chi connectivity index (χ0) is 13.8. The van der Waals surface area contributed by atoms with Crippen LogP contribution in [0.25, 0.3) is 0 Å². The molecular weight excluding hydrogens is 236 g/mol. The molecule has 1 aromatic rings. The number of hydrogen-bond acceptors (Lipinski definition) is 5. The molecule has 1 rings (SSSR count). The van der Waals surface area contributed by atoms with Gasteiger partial charge in [-0.15, -0.1) is 0 Å². The Kier molecular flexibility index (Phi) is 4.49. The van der Waals surface area contributed by atoms with Crippen LogP contribution in [0.5, 0.6) is 5.88 Å². The zero-order valence-corrected chi connectivity index (χ0v) is 10.8. The molecule has 0 saturated carbocycles. The van der Waals surface area contributed by atoms with E-state index in [2.05, 4.69) is 4.98 Å². The molecule has 3 N–H and O–H groups in total. The normalized spacial score (nSPS) is 11.3. The molecule has 0 unspecified atom stereocenters. The van der Waals surface area contributed by atoms with E-state index in [0.717, 1.165) is 0 Å². The van der Waals surface area contributed by atoms with Gasteiger partial charge in [0.15, 0.2) is 0 Å². The van der Waals surface area contributed by atoms with Crippen LogP contribution in [-0.2, 0) is 4.74 Å². The molecule has 0 aliphatic carbocycles. The summed E-state index contributed by atoms with van der Waals surface area (Å²) in [7, 11) is 0. The molecule has 6 heteroatoms. The monoisotopic (exact) mass is 254 g/mol. The van der Waals surface area contributed by atoms with Crippen molar-refractivity contribution in [3.63, 3.8) is 0 Å². The highest BCUT2D eigenvalue weighted by Crippen LogP contribution is 2.16. The van der Waals surface area contributed by atoms with Gasteiger partial charge in [-0.3, -0.25) is 0 Å². The molecule has 1 heterocycles. The summed E-state index contributed by atoms with van der Waals surface area (Å²) in [6.07, 6.45) is 1.27. The van der Waals surface area contributed by atoms with Crippen LogP contribution in [0.4, 0.5) is 5.69 Å². The van der Waals surface area contributed by atoms with Crippen LogP contribution < -0.4 is 10.5 Å². The van der Waals surface area contributed by atoms with E-state index in [1.807, 2.05) is 20.8 Å². The molecule has 0 aliphatic rings. The average molecular weight is 254 g/mol. The summed E-state index contributed by atoms with van der Waals surface area (Å²) >= 11 is 0. The lowest BCUT2D eigenvalue weighted by Gasteiger charge is -2.19. The lowest BCUT2D eigenvalue weighted by atomic mass is 10.2. The maximum atomic E-state index is 10.8. The van der Waals surface area contributed by atoms with Gasteiger partial charge in [-0.1, -0.05) is 0 Å². The number of nitrogens with two attached hydrogens (primary N) is 1. The van der Waals surface area contributed by atoms with Crippen molar-refractivity contribution in [3.05, 3.63) is 17.8 Å². The molecule has 0 spiro atoms. The Morgan fingerprint density at radius 1 is 1.44 bits per heavy atom. The molecule has 1 aromatic heterocycles. The summed E-state index contributed by atoms with van der Waals surface area (Å²) in [5.74, 6) is -0.884. The zero-order valence-electron chi connectivity index (χ0n) is 10.8. The molecule has 0 radical (unpaired) electrons. The van der Waals surface area contributed by atoms with Crippen molar-refractivity contribution in [2.75, 3.05) is 18.9 Å². The smallest absolute Gasteiger partial charge is 0.338 e. The van der Waals surface area contributed by atoms with Crippen molar-refractivity contribution in [1.29, 1.82) is 0 Å². The second-order valence-electron chi connectivity index (χ2n) is 4.72. The summed E-state index contributed by atoms with van der Waals surface area (Å²) in [6, 6.07) is 1.30. The molecule has 0 amide bonds. The Morgan fingerprint density at radius 2 is 2.11 bits per heavy atom. The maximum Gasteiger partial charge on any atom is 0.338 e. The molecule has 100 valence electrons. The number of carbonyl (C=O) groups is 1. The fourth-order valence-electron chi connectivity index (χ4n) is 1.21. The summed E-state index contributed by atoms with van der Waals surface area (Å²) in [5.41, 5.74) is 5.34. The Hall–Kier alpha value is -1.82. The van der Waals surface area contributed by atoms with E-state index in [-0.39, 0.29) is 22.7 Å². The van der Waals surface area contributed by atoms with E-state index < -0.39 is 5.97 Å². The van der Waals surface area contributed by atoms with E-state index in [1.165, 1.54) is 12.3 Å². The number of nitrogens with zero attached hydrogens (tertiary/aromatic N) is 1. The van der Waals surface area contributed by atoms with Crippen molar-refractivity contribution in [2.24, 2.45) is 0 Å². The van der Waals surface area contributed by atoms with Gasteiger partial charge in [-0.25, -0.2) is 9.78 Å². The minimum Gasteiger partial charge on any atom is -0.478 e. The highest BCUT2D eigenvalue weighted by molar-refractivity contribution is 5.93. The molecule has 0 fully saturated rings. The van der Waals surface area contributed by atoms with E-state index in [1.54, 1.807) is 0 Å². The van der Waals surface area contributed by atoms with E-state index in [9.17, 15) is 4.79 Å². The fraction of sp³-hybridized carbons (Fsp3) is 0.500. The molecule has 0 bridgehead atoms. The Bertz CT molecular complexity index is 427. The number of pyridine rings is 1. The first-order valence-electron chi connectivity index (χ1n) is 5.55. The van der Waals surface area contributed by atoms with Gasteiger partial charge in [0.05, 0.1) is 29.7 Å². The van der Waals surface area contributed by atoms with Gasteiger partial charge in [0, 0.05) is 6.07 Å². The number of nitrogen functional groups attached to an aromatic ring is 1. The number of hydrogen-bond donors (Lipinski definition) is 2. The third kappa shape index (κ3) is 4.58. The molecule has 18 heavy (non-hydrogen) atoms. The van der Waals surface area contributed by atoms with Gasteiger partial charge < -0.3 is 20.3 Å². The standard InChI is InChI=1S/C12H18N2O4/c1-12(2,3)18-5-4-17-10-6-8(11(15)16)9(13)7-14-10/h6-7H,4-5,13H2,1-3H3,(H,15,16). The number of carboxylic acids is 1. The minimum atomic E-state index is -1.11. The van der Waals surface area contributed by atoms with E-state index in [0.29, 0.717) is 13.2 Å². The van der Waals surface area contributed by atoms with Gasteiger partial charge in [0.25, 0.3) is 0 Å². The van der Waals surface area contributed by atoms with Crippen molar-refractivity contribution >= 4 is 11.7 Å². The van der Waals surface area contributed by atoms with Crippen LogP contribution in [0.3, 0.4) is 0 Å². The molecule has 6 nitrogen and oxygen atoms in total. The number of aromatic carboxylic acids is 1. The predicted molar refractivity (Wildman–Crippen MR) is 66.8 cm³/mol. The van der Waals surface area contributed by atoms with Gasteiger partial charge in [0.2, 0.25) is 5.88 Å². The van der Waals surface area contributed by atoms with Crippen molar-refractivity contribution in [2.45, 2.75) is 26.4 Å². The van der Waals surface area contributed by atoms with Crippen LogP contribution in [-0.4, -0.2) is 34.9 Å². The number of carboxylic acid groups (broad SMARTS) is 1. The second kappa shape index (κ2) is 5.68. The van der Waals surface area contributed by atoms with Crippen LogP contribution in [0.2, 0.25) is 0 Å². The third-order valence-corrected chi connectivity index (χ3v) is 2.01. The van der Waals surface area contributed by atoms with Crippen molar-refractivity contribution in [1.82, 2.24) is 4.98 Å². The summed E-state index contributed by atoms with van der Waals surface area (Å²) in [4.78, 5) is 14.7. The molecule has 0 saturated heterocycles. The first kappa shape index (κ1) is 14.2. The number of ether oxygens (including phenoxy) is 2. The SMILES string of the molecule is CC(C)(C)OCCOc1cc(C(=O)O)c(N)cn1. The van der Waals surface area contributed by atoms with Crippen LogP contribution in [0.15, 0.2) is 12.3 Å². The summed E-state index contributed by atoms with van der Waals surface area (Å²) < 4.78 is 10.8. The predicted octanol–water partition coefficient (Wildman–Crippen LogP) is 1.56.